The van der Waals surface area contributed by atoms with Gasteiger partial charge in [-0.15, -0.1) is 0 Å². The Hall–Kier alpha value is -10.5. The molecule has 2 aliphatic rings. The summed E-state index contributed by atoms with van der Waals surface area (Å²) in [4.78, 5) is 0. The Morgan fingerprint density at radius 3 is 1.28 bits per heavy atom. The highest BCUT2D eigenvalue weighted by Crippen LogP contribution is 2.66. The van der Waals surface area contributed by atoms with E-state index in [2.05, 4.69) is 276 Å². The minimum atomic E-state index is -0.538. The van der Waals surface area contributed by atoms with Crippen molar-refractivity contribution in [2.24, 2.45) is 0 Å². The molecule has 1 atom stereocenters. The van der Waals surface area contributed by atoms with Crippen LogP contribution in [-0.4, -0.2) is 8.80 Å². The van der Waals surface area contributed by atoms with E-state index in [9.17, 15) is 0 Å². The third-order valence-corrected chi connectivity index (χ3v) is 19.4. The first-order valence-corrected chi connectivity index (χ1v) is 28.4. The van der Waals surface area contributed by atoms with Gasteiger partial charge in [0.25, 0.3) is 0 Å². The van der Waals surface area contributed by atoms with Crippen molar-refractivity contribution in [3.63, 3.8) is 0 Å². The van der Waals surface area contributed by atoms with Crippen LogP contribution in [0.5, 0.6) is 0 Å². The second kappa shape index (κ2) is 15.0. The van der Waals surface area contributed by atoms with Crippen molar-refractivity contribution in [1.29, 1.82) is 0 Å². The van der Waals surface area contributed by atoms with Crippen LogP contribution in [0.1, 0.15) is 22.3 Å². The van der Waals surface area contributed by atoms with Gasteiger partial charge in [0.1, 0.15) is 0 Å². The van der Waals surface area contributed by atoms with Crippen LogP contribution in [-0.2, 0) is 5.41 Å². The maximum Gasteiger partial charge on any atom is 0.0731 e. The van der Waals surface area contributed by atoms with Crippen LogP contribution in [0.15, 0.2) is 267 Å². The van der Waals surface area contributed by atoms with Crippen molar-refractivity contribution in [1.82, 2.24) is 8.80 Å². The smallest absolute Gasteiger partial charge is 0.0731 e. The van der Waals surface area contributed by atoms with Crippen molar-refractivity contribution < 1.29 is 0 Å². The lowest BCUT2D eigenvalue weighted by atomic mass is 9.69. The maximum atomic E-state index is 2.56. The Morgan fingerprint density at radius 2 is 0.642 bits per heavy atom. The van der Waals surface area contributed by atoms with Crippen LogP contribution >= 0.6 is 0 Å². The van der Waals surface area contributed by atoms with Crippen LogP contribution < -0.4 is 0 Å². The first-order chi connectivity index (χ1) is 40.3. The molecule has 0 saturated carbocycles. The fourth-order valence-corrected chi connectivity index (χ4v) is 16.5. The number of hydrogen-bond acceptors (Lipinski definition) is 0. The average molecular weight is 1020 g/mol. The van der Waals surface area contributed by atoms with Crippen molar-refractivity contribution >= 4 is 109 Å². The summed E-state index contributed by atoms with van der Waals surface area (Å²) in [6.07, 6.45) is 0. The van der Waals surface area contributed by atoms with E-state index in [1.165, 1.54) is 186 Å². The van der Waals surface area contributed by atoms with Crippen LogP contribution in [0.25, 0.3) is 164 Å². The molecule has 4 aromatic heterocycles. The van der Waals surface area contributed by atoms with E-state index in [-0.39, 0.29) is 0 Å². The van der Waals surface area contributed by atoms with Crippen LogP contribution in [0.2, 0.25) is 0 Å². The van der Waals surface area contributed by atoms with E-state index in [0.29, 0.717) is 0 Å². The van der Waals surface area contributed by atoms with Gasteiger partial charge in [0.2, 0.25) is 0 Å². The van der Waals surface area contributed by atoms with Crippen LogP contribution in [0, 0.1) is 0 Å². The third-order valence-electron chi connectivity index (χ3n) is 19.4. The summed E-state index contributed by atoms with van der Waals surface area (Å²) in [5, 5.41) is 17.8. The Balaban J connectivity index is 0.943. The number of nitrogens with zero attached hydrogens (tertiary/aromatic N) is 2. The Morgan fingerprint density at radius 1 is 0.222 bits per heavy atom. The summed E-state index contributed by atoms with van der Waals surface area (Å²) in [7, 11) is 0. The molecule has 0 amide bonds. The van der Waals surface area contributed by atoms with Gasteiger partial charge in [0, 0.05) is 43.1 Å². The molecule has 0 aliphatic heterocycles. The maximum absolute atomic E-state index is 2.56. The molecule has 18 aromatic rings. The van der Waals surface area contributed by atoms with Gasteiger partial charge in [0.05, 0.1) is 38.5 Å². The molecule has 370 valence electrons. The normalized spacial score (nSPS) is 14.7. The predicted molar refractivity (Wildman–Crippen MR) is 341 cm³/mol. The second-order valence-corrected chi connectivity index (χ2v) is 22.8. The average Bonchev–Trinajstić information content (AvgIpc) is 2.79. The van der Waals surface area contributed by atoms with Gasteiger partial charge in [-0.1, -0.05) is 237 Å². The van der Waals surface area contributed by atoms with Gasteiger partial charge in [-0.05, 0) is 141 Å². The number of rotatable bonds is 3. The number of benzene rings is 14. The number of para-hydroxylation sites is 4. The van der Waals surface area contributed by atoms with Gasteiger partial charge in [-0.25, -0.2) is 0 Å². The lowest BCUT2D eigenvalue weighted by Crippen LogP contribution is -2.26. The Bertz CT molecular complexity index is 5610. The van der Waals surface area contributed by atoms with Gasteiger partial charge in [0.15, 0.2) is 0 Å². The Labute approximate surface area is 464 Å². The highest BCUT2D eigenvalue weighted by atomic mass is 14.9. The molecule has 2 nitrogen and oxygen atoms in total. The van der Waals surface area contributed by atoms with E-state index in [4.69, 9.17) is 0 Å². The molecule has 0 N–H and O–H groups in total. The molecule has 4 heterocycles. The molecule has 0 saturated heterocycles. The minimum Gasteiger partial charge on any atom is -0.308 e. The molecular formula is C79H44N2. The minimum absolute atomic E-state index is 0.538. The van der Waals surface area contributed by atoms with Crippen molar-refractivity contribution in [2.75, 3.05) is 0 Å². The molecule has 2 aliphatic carbocycles. The fraction of sp³-hybridized carbons (Fsp3) is 0.0127. The summed E-state index contributed by atoms with van der Waals surface area (Å²) in [5.74, 6) is 0. The fourth-order valence-electron chi connectivity index (χ4n) is 16.5. The zero-order chi connectivity index (χ0) is 52.4. The topological polar surface area (TPSA) is 8.82 Å². The molecule has 2 heteroatoms. The van der Waals surface area contributed by atoms with E-state index in [0.717, 1.165) is 0 Å². The van der Waals surface area contributed by atoms with Crippen molar-refractivity contribution in [2.45, 2.75) is 5.41 Å². The summed E-state index contributed by atoms with van der Waals surface area (Å²) in [6.45, 7) is 0. The molecule has 14 aromatic carbocycles. The quantitative estimate of drug-likeness (QED) is 0.156. The highest BCUT2D eigenvalue weighted by molar-refractivity contribution is 6.30. The molecule has 0 bridgehead atoms. The highest BCUT2D eigenvalue weighted by Gasteiger charge is 2.53. The van der Waals surface area contributed by atoms with E-state index in [1.54, 1.807) is 0 Å². The number of hydrogen-bond donors (Lipinski definition) is 0. The van der Waals surface area contributed by atoms with Crippen molar-refractivity contribution in [3.05, 3.63) is 289 Å². The third kappa shape index (κ3) is 5.00. The van der Waals surface area contributed by atoms with Crippen LogP contribution in [0.4, 0.5) is 0 Å². The van der Waals surface area contributed by atoms with E-state index in [1.807, 2.05) is 0 Å². The molecule has 20 rings (SSSR count). The first-order valence-electron chi connectivity index (χ1n) is 28.4. The predicted octanol–water partition coefficient (Wildman–Crippen LogP) is 20.8. The number of fused-ring (bicyclic) bond motifs is 26. The van der Waals surface area contributed by atoms with Gasteiger partial charge < -0.3 is 8.80 Å². The zero-order valence-electron chi connectivity index (χ0n) is 43.8. The SMILES string of the molecule is c1ccc2c(c1)-c1ccc3ccccc3c1C21c2ccccc2-c2c(-c3c4cccc(-c5cccc6c5c5cccc7c8ccccc8n6c75)c4cc4c(-c5cccc6c5c5cccc7c8ccccc8n6c75)cccc34)cccc21. The van der Waals surface area contributed by atoms with Crippen LogP contribution in [0.3, 0.4) is 0 Å². The summed E-state index contributed by atoms with van der Waals surface area (Å²) in [5.41, 5.74) is 25.1. The van der Waals surface area contributed by atoms with E-state index >= 15 is 0 Å². The van der Waals surface area contributed by atoms with Crippen molar-refractivity contribution in [3.8, 4) is 55.6 Å². The first kappa shape index (κ1) is 42.5. The monoisotopic (exact) mass is 1020 g/mol. The molecule has 1 spiro atoms. The number of aromatic nitrogens is 2. The van der Waals surface area contributed by atoms with Gasteiger partial charge >= 0.3 is 0 Å². The second-order valence-electron chi connectivity index (χ2n) is 22.8. The molecule has 81 heavy (non-hydrogen) atoms. The van der Waals surface area contributed by atoms with Gasteiger partial charge in [-0.2, -0.15) is 0 Å². The van der Waals surface area contributed by atoms with E-state index < -0.39 is 5.41 Å². The van der Waals surface area contributed by atoms with Gasteiger partial charge in [-0.3, -0.25) is 0 Å². The Kier molecular flexibility index (Phi) is 7.85. The lowest BCUT2D eigenvalue weighted by Gasteiger charge is -2.31. The zero-order valence-corrected chi connectivity index (χ0v) is 43.8. The molecule has 1 unspecified atom stereocenters. The lowest BCUT2D eigenvalue weighted by molar-refractivity contribution is 0.801. The molecule has 0 radical (unpaired) electrons. The summed E-state index contributed by atoms with van der Waals surface area (Å²) >= 11 is 0. The molecular weight excluding hydrogens is 977 g/mol. The standard InChI is InChI=1S/C79H44N2/c1-2-19-46-45(18-1)42-43-56-49-20-3-7-35-65(49)79(76(46)56)66-36-8-4-23-59(66)73-60(32-15-37-67(73)79)72-54-26-11-24-47(52-28-16-40-70-74(52)61-33-13-30-57-50-21-5-9-38-68(50)80(70)77(57)61)63(54)44-64-48(25-12-27-55(64)72)53-29-17-41-71-75(53)62-34-14-31-58-51-22-6-10-39-69(51)81(71)78(58)62/h1-44H. The molecule has 0 fully saturated rings. The largest absolute Gasteiger partial charge is 0.308 e. The summed E-state index contributed by atoms with van der Waals surface area (Å²) in [6, 6.07) is 102. The summed E-state index contributed by atoms with van der Waals surface area (Å²) < 4.78 is 5.03.